The van der Waals surface area contributed by atoms with Crippen molar-refractivity contribution in [2.45, 2.75) is 45.3 Å². The molecule has 0 saturated carbocycles. The van der Waals surface area contributed by atoms with Crippen molar-refractivity contribution >= 4 is 11.6 Å². The Kier molecular flexibility index (Phi) is 4.89. The lowest BCUT2D eigenvalue weighted by Crippen LogP contribution is -2.44. The van der Waals surface area contributed by atoms with Gasteiger partial charge in [-0.05, 0) is 26.8 Å². The molecule has 0 unspecified atom stereocenters. The molecule has 9 nitrogen and oxygen atoms in total. The minimum Gasteiger partial charge on any atom is -0.473 e. The highest BCUT2D eigenvalue weighted by Gasteiger charge is 2.28. The van der Waals surface area contributed by atoms with Crippen LogP contribution in [-0.2, 0) is 11.8 Å². The fraction of sp³-hybridized carbons (Fsp3) is 0.500. The maximum atomic E-state index is 12.3. The van der Waals surface area contributed by atoms with Gasteiger partial charge in [0.05, 0.1) is 24.3 Å². The number of rotatable bonds is 3. The van der Waals surface area contributed by atoms with Crippen molar-refractivity contribution in [3.05, 3.63) is 30.9 Å². The summed E-state index contributed by atoms with van der Waals surface area (Å²) in [4.78, 5) is 18.7. The second-order valence-electron chi connectivity index (χ2n) is 8.28. The van der Waals surface area contributed by atoms with Crippen LogP contribution >= 0.6 is 0 Å². The second kappa shape index (κ2) is 7.38. The van der Waals surface area contributed by atoms with Crippen molar-refractivity contribution in [3.63, 3.8) is 0 Å². The van der Waals surface area contributed by atoms with Gasteiger partial charge in [-0.25, -0.2) is 14.3 Å². The van der Waals surface area contributed by atoms with Crippen molar-refractivity contribution < 1.29 is 14.3 Å². The fourth-order valence-corrected chi connectivity index (χ4v) is 3.32. The third kappa shape index (κ3) is 4.33. The molecule has 4 heterocycles. The smallest absolute Gasteiger partial charge is 0.410 e. The predicted molar refractivity (Wildman–Crippen MR) is 107 cm³/mol. The normalized spacial score (nSPS) is 15.7. The average molecular weight is 398 g/mol. The summed E-state index contributed by atoms with van der Waals surface area (Å²) in [5, 5.41) is 8.55. The van der Waals surface area contributed by atoms with Gasteiger partial charge in [-0.3, -0.25) is 4.68 Å². The van der Waals surface area contributed by atoms with Gasteiger partial charge < -0.3 is 14.4 Å². The Morgan fingerprint density at radius 1 is 1.17 bits per heavy atom. The first kappa shape index (κ1) is 19.2. The van der Waals surface area contributed by atoms with Crippen molar-refractivity contribution in [2.75, 3.05) is 13.1 Å². The van der Waals surface area contributed by atoms with Crippen LogP contribution in [0.5, 0.6) is 5.88 Å². The summed E-state index contributed by atoms with van der Waals surface area (Å²) < 4.78 is 15.2. The van der Waals surface area contributed by atoms with E-state index in [9.17, 15) is 4.79 Å². The number of carbonyl (C=O) groups excluding carboxylic acids is 1. The minimum absolute atomic E-state index is 0.0240. The third-order valence-electron chi connectivity index (χ3n) is 4.73. The van der Waals surface area contributed by atoms with E-state index in [4.69, 9.17) is 14.5 Å². The Morgan fingerprint density at radius 3 is 2.59 bits per heavy atom. The number of amides is 1. The van der Waals surface area contributed by atoms with Gasteiger partial charge in [-0.15, -0.1) is 0 Å². The molecular weight excluding hydrogens is 372 g/mol. The number of hydrogen-bond acceptors (Lipinski definition) is 6. The summed E-state index contributed by atoms with van der Waals surface area (Å²) >= 11 is 0. The molecule has 3 aromatic rings. The van der Waals surface area contributed by atoms with Crippen LogP contribution in [0.1, 0.15) is 33.6 Å². The van der Waals surface area contributed by atoms with Crippen LogP contribution in [0.3, 0.4) is 0 Å². The van der Waals surface area contributed by atoms with Gasteiger partial charge in [-0.2, -0.15) is 10.2 Å². The lowest BCUT2D eigenvalue weighted by molar-refractivity contribution is 0.0124. The predicted octanol–water partition coefficient (Wildman–Crippen LogP) is 2.91. The average Bonchev–Trinajstić information content (AvgIpc) is 3.29. The first-order valence-electron chi connectivity index (χ1n) is 9.76. The number of piperidine rings is 1. The van der Waals surface area contributed by atoms with Crippen LogP contribution in [0.4, 0.5) is 4.79 Å². The Bertz CT molecular complexity index is 1010. The van der Waals surface area contributed by atoms with E-state index in [1.807, 2.05) is 46.3 Å². The van der Waals surface area contributed by atoms with Gasteiger partial charge >= 0.3 is 6.09 Å². The SMILES string of the molecule is Cn1cc(-c2cn3nccc3c(OC3CCN(C(=O)OC(C)(C)C)CC3)n2)cn1. The van der Waals surface area contributed by atoms with Crippen LogP contribution in [0.2, 0.25) is 0 Å². The molecule has 0 atom stereocenters. The van der Waals surface area contributed by atoms with E-state index in [1.54, 1.807) is 26.5 Å². The lowest BCUT2D eigenvalue weighted by atomic mass is 10.1. The van der Waals surface area contributed by atoms with Gasteiger partial charge in [0, 0.05) is 44.7 Å². The molecule has 0 spiro atoms. The highest BCUT2D eigenvalue weighted by molar-refractivity contribution is 5.68. The minimum atomic E-state index is -0.491. The number of ether oxygens (including phenoxy) is 2. The van der Waals surface area contributed by atoms with Gasteiger partial charge in [0.25, 0.3) is 0 Å². The first-order valence-corrected chi connectivity index (χ1v) is 9.76. The Hall–Kier alpha value is -3.10. The highest BCUT2D eigenvalue weighted by atomic mass is 16.6. The number of aromatic nitrogens is 5. The van der Waals surface area contributed by atoms with Gasteiger partial charge in [0.2, 0.25) is 5.88 Å². The zero-order chi connectivity index (χ0) is 20.6. The number of carbonyl (C=O) groups is 1. The van der Waals surface area contributed by atoms with E-state index in [0.717, 1.165) is 29.6 Å². The molecule has 1 saturated heterocycles. The maximum absolute atomic E-state index is 12.3. The lowest BCUT2D eigenvalue weighted by Gasteiger charge is -2.33. The molecule has 0 aromatic carbocycles. The molecule has 29 heavy (non-hydrogen) atoms. The maximum Gasteiger partial charge on any atom is 0.410 e. The molecule has 0 bridgehead atoms. The van der Waals surface area contributed by atoms with Crippen molar-refractivity contribution in [1.29, 1.82) is 0 Å². The summed E-state index contributed by atoms with van der Waals surface area (Å²) in [5.74, 6) is 0.541. The molecule has 1 fully saturated rings. The van der Waals surface area contributed by atoms with Crippen LogP contribution in [-0.4, -0.2) is 60.2 Å². The van der Waals surface area contributed by atoms with Crippen LogP contribution in [0.25, 0.3) is 16.8 Å². The van der Waals surface area contributed by atoms with Gasteiger partial charge in [-0.1, -0.05) is 0 Å². The first-order chi connectivity index (χ1) is 13.8. The highest BCUT2D eigenvalue weighted by Crippen LogP contribution is 2.26. The molecule has 4 rings (SSSR count). The van der Waals surface area contributed by atoms with Crippen LogP contribution in [0.15, 0.2) is 30.9 Å². The number of fused-ring (bicyclic) bond motifs is 1. The fourth-order valence-electron chi connectivity index (χ4n) is 3.32. The molecule has 1 aliphatic heterocycles. The second-order valence-corrected chi connectivity index (χ2v) is 8.28. The van der Waals surface area contributed by atoms with E-state index < -0.39 is 5.60 Å². The summed E-state index contributed by atoms with van der Waals surface area (Å²) in [6.07, 6.45) is 8.40. The van der Waals surface area contributed by atoms with E-state index in [0.29, 0.717) is 19.0 Å². The number of likely N-dealkylation sites (tertiary alicyclic amines) is 1. The van der Waals surface area contributed by atoms with E-state index in [2.05, 4.69) is 10.2 Å². The van der Waals surface area contributed by atoms with E-state index >= 15 is 0 Å². The zero-order valence-corrected chi connectivity index (χ0v) is 17.2. The zero-order valence-electron chi connectivity index (χ0n) is 17.2. The van der Waals surface area contributed by atoms with Crippen molar-refractivity contribution in [2.24, 2.45) is 7.05 Å². The summed E-state index contributed by atoms with van der Waals surface area (Å²) in [6.45, 7) is 6.81. The van der Waals surface area contributed by atoms with E-state index in [-0.39, 0.29) is 12.2 Å². The van der Waals surface area contributed by atoms with Crippen LogP contribution < -0.4 is 4.74 Å². The van der Waals surface area contributed by atoms with Crippen molar-refractivity contribution in [3.8, 4) is 17.1 Å². The Balaban J connectivity index is 1.47. The largest absolute Gasteiger partial charge is 0.473 e. The molecular formula is C20H26N6O3. The molecule has 1 amide bonds. The number of hydrogen-bond donors (Lipinski definition) is 0. The van der Waals surface area contributed by atoms with Gasteiger partial charge in [0.1, 0.15) is 17.2 Å². The summed E-state index contributed by atoms with van der Waals surface area (Å²) in [5.41, 5.74) is 1.96. The van der Waals surface area contributed by atoms with Crippen LogP contribution in [0, 0.1) is 0 Å². The summed E-state index contributed by atoms with van der Waals surface area (Å²) in [6, 6.07) is 1.88. The monoisotopic (exact) mass is 398 g/mol. The molecule has 0 radical (unpaired) electrons. The van der Waals surface area contributed by atoms with Crippen molar-refractivity contribution in [1.82, 2.24) is 29.3 Å². The standard InChI is InChI=1S/C20H26N6O3/c1-20(2,3)29-19(27)25-9-6-15(7-10-25)28-18-17-5-8-21-26(17)13-16(23-18)14-11-22-24(4)12-14/h5,8,11-13,15H,6-7,9-10H2,1-4H3. The third-order valence-corrected chi connectivity index (χ3v) is 4.73. The topological polar surface area (TPSA) is 86.8 Å². The molecule has 154 valence electrons. The Morgan fingerprint density at radius 2 is 1.93 bits per heavy atom. The van der Waals surface area contributed by atoms with E-state index in [1.165, 1.54) is 0 Å². The molecule has 3 aromatic heterocycles. The Labute approximate surface area is 169 Å². The number of nitrogens with zero attached hydrogens (tertiary/aromatic N) is 6. The molecule has 0 N–H and O–H groups in total. The number of aryl methyl sites for hydroxylation is 1. The summed E-state index contributed by atoms with van der Waals surface area (Å²) in [7, 11) is 1.87. The molecule has 1 aliphatic rings. The molecule has 0 aliphatic carbocycles. The quantitative estimate of drug-likeness (QED) is 0.674. The van der Waals surface area contributed by atoms with Gasteiger partial charge in [0.15, 0.2) is 0 Å². The molecule has 9 heteroatoms.